The summed E-state index contributed by atoms with van der Waals surface area (Å²) in [7, 11) is 0. The molecule has 276 valence electrons. The van der Waals surface area contributed by atoms with Gasteiger partial charge in [-0.15, -0.1) is 0 Å². The number of halogens is 1. The number of likely N-dealkylation sites (tertiary alicyclic amines) is 1. The smallest absolute Gasteiger partial charge is 0.289 e. The van der Waals surface area contributed by atoms with E-state index in [4.69, 9.17) is 20.9 Å². The summed E-state index contributed by atoms with van der Waals surface area (Å²) in [5.74, 6) is -2.12. The van der Waals surface area contributed by atoms with Gasteiger partial charge in [-0.1, -0.05) is 77.1 Å². The van der Waals surface area contributed by atoms with Gasteiger partial charge < -0.3 is 25.3 Å². The zero-order chi connectivity index (χ0) is 36.8. The van der Waals surface area contributed by atoms with Crippen LogP contribution in [-0.4, -0.2) is 64.6 Å². The van der Waals surface area contributed by atoms with Crippen molar-refractivity contribution in [1.29, 1.82) is 0 Å². The van der Waals surface area contributed by atoms with Gasteiger partial charge in [0.15, 0.2) is 0 Å². The van der Waals surface area contributed by atoms with Gasteiger partial charge in [0.2, 0.25) is 23.5 Å². The molecular formula is C38H50ClN5O7. The van der Waals surface area contributed by atoms with Gasteiger partial charge in [0.05, 0.1) is 31.1 Å². The van der Waals surface area contributed by atoms with Crippen LogP contribution in [0, 0.1) is 11.3 Å². The third-order valence-corrected chi connectivity index (χ3v) is 10.1. The molecule has 2 fully saturated rings. The third kappa shape index (κ3) is 9.59. The topological polar surface area (TPSA) is 159 Å². The lowest BCUT2D eigenvalue weighted by Crippen LogP contribution is -2.59. The van der Waals surface area contributed by atoms with Crippen LogP contribution in [0.25, 0.3) is 5.70 Å². The highest BCUT2D eigenvalue weighted by Gasteiger charge is 2.54. The summed E-state index contributed by atoms with van der Waals surface area (Å²) < 4.78 is 5.24. The largest absolute Gasteiger partial charge is 0.467 e. The molecule has 0 unspecified atom stereocenters. The summed E-state index contributed by atoms with van der Waals surface area (Å²) in [5.41, 5.74) is 2.56. The number of hydrogen-bond acceptors (Lipinski definition) is 8. The van der Waals surface area contributed by atoms with Crippen LogP contribution in [0.1, 0.15) is 96.8 Å². The standard InChI is InChI=1S/C38H50ClN5O7/c1-5-11-28(32(46)35(48)40-22-27-16-10-17-50-27)41-34(47)30-21-38(20-29(43-51-38)25-14-9-15-26(39)19-25)23-44(30)36(49)33(37(2,3)4)42-31(45)18-24-12-7-6-8-13-24/h9-10,14-17,19-20,24,28,30,33,43H,5-8,11-13,18,21-23H2,1-4H3,(H,40,48)(H,41,47)(H,42,45)/t28-,30-,33+,38+/m0/s1. The molecule has 4 N–H and O–H groups in total. The maximum atomic E-state index is 14.6. The number of furan rings is 1. The Morgan fingerprint density at radius 3 is 2.49 bits per heavy atom. The highest BCUT2D eigenvalue weighted by atomic mass is 35.5. The number of rotatable bonds is 13. The molecule has 0 bridgehead atoms. The Morgan fingerprint density at radius 2 is 1.82 bits per heavy atom. The van der Waals surface area contributed by atoms with E-state index in [0.29, 0.717) is 29.3 Å². The summed E-state index contributed by atoms with van der Waals surface area (Å²) >= 11 is 6.26. The van der Waals surface area contributed by atoms with Crippen molar-refractivity contribution in [3.05, 3.63) is 65.1 Å². The minimum absolute atomic E-state index is 0.00207. The summed E-state index contributed by atoms with van der Waals surface area (Å²) in [5, 5.41) is 8.89. The van der Waals surface area contributed by atoms with Crippen LogP contribution in [0.2, 0.25) is 5.02 Å². The summed E-state index contributed by atoms with van der Waals surface area (Å²) in [6.07, 6.45) is 9.78. The zero-order valence-electron chi connectivity index (χ0n) is 29.9. The second kappa shape index (κ2) is 16.5. The molecule has 12 nitrogen and oxygen atoms in total. The van der Waals surface area contributed by atoms with Crippen molar-refractivity contribution in [2.24, 2.45) is 11.3 Å². The number of ketones is 1. The van der Waals surface area contributed by atoms with E-state index in [-0.39, 0.29) is 37.8 Å². The maximum Gasteiger partial charge on any atom is 0.289 e. The van der Waals surface area contributed by atoms with E-state index in [0.717, 1.165) is 31.2 Å². The van der Waals surface area contributed by atoms with Crippen LogP contribution in [-0.2, 0) is 35.4 Å². The second-order valence-corrected chi connectivity index (χ2v) is 15.5. The minimum atomic E-state index is -1.12. The molecule has 2 aliphatic heterocycles. The third-order valence-electron chi connectivity index (χ3n) is 9.90. The molecule has 51 heavy (non-hydrogen) atoms. The molecule has 3 aliphatic rings. The first-order valence-corrected chi connectivity index (χ1v) is 18.3. The first kappa shape index (κ1) is 38.1. The fraction of sp³-hybridized carbons (Fsp3) is 0.553. The van der Waals surface area contributed by atoms with E-state index in [1.54, 1.807) is 24.3 Å². The Hall–Kier alpha value is -4.16. The van der Waals surface area contributed by atoms with Crippen LogP contribution in [0.15, 0.2) is 53.2 Å². The first-order chi connectivity index (χ1) is 24.3. The monoisotopic (exact) mass is 723 g/mol. The van der Waals surface area contributed by atoms with Crippen LogP contribution >= 0.6 is 11.6 Å². The van der Waals surface area contributed by atoms with E-state index in [1.165, 1.54) is 17.6 Å². The molecule has 0 radical (unpaired) electrons. The molecule has 1 saturated heterocycles. The van der Waals surface area contributed by atoms with Gasteiger partial charge in [0.1, 0.15) is 23.4 Å². The zero-order valence-corrected chi connectivity index (χ0v) is 30.6. The lowest BCUT2D eigenvalue weighted by Gasteiger charge is -2.36. The Morgan fingerprint density at radius 1 is 1.06 bits per heavy atom. The SMILES string of the molecule is CCC[C@H](NC(=O)[C@@H]1C[C@]2(C=C(c3cccc(Cl)c3)NO2)CN1C(=O)[C@@H](NC(=O)CC1CCCCC1)C(C)(C)C)C(=O)C(=O)NCc1ccco1. The number of nitrogens with zero attached hydrogens (tertiary/aromatic N) is 1. The van der Waals surface area contributed by atoms with Crippen molar-refractivity contribution in [2.45, 2.75) is 116 Å². The van der Waals surface area contributed by atoms with Crippen molar-refractivity contribution in [1.82, 2.24) is 26.3 Å². The van der Waals surface area contributed by atoms with Crippen LogP contribution in [0.4, 0.5) is 0 Å². The molecule has 1 saturated carbocycles. The Bertz CT molecular complexity index is 1610. The highest BCUT2D eigenvalue weighted by Crippen LogP contribution is 2.39. The van der Waals surface area contributed by atoms with Gasteiger partial charge >= 0.3 is 0 Å². The molecule has 1 aromatic heterocycles. The van der Waals surface area contributed by atoms with E-state index < -0.39 is 52.6 Å². The number of Topliss-reactive ketones (excluding diaryl/α,β-unsaturated/α-hetero) is 1. The fourth-order valence-corrected chi connectivity index (χ4v) is 7.35. The molecule has 5 rings (SSSR count). The van der Waals surface area contributed by atoms with Crippen molar-refractivity contribution < 1.29 is 33.2 Å². The normalized spacial score (nSPS) is 21.8. The van der Waals surface area contributed by atoms with Crippen molar-refractivity contribution in [3.63, 3.8) is 0 Å². The molecule has 4 atom stereocenters. The predicted octanol–water partition coefficient (Wildman–Crippen LogP) is 4.82. The number of hydrogen-bond donors (Lipinski definition) is 4. The molecule has 4 amide bonds. The lowest BCUT2D eigenvalue weighted by molar-refractivity contribution is -0.145. The summed E-state index contributed by atoms with van der Waals surface area (Å²) in [6, 6.07) is 7.42. The first-order valence-electron chi connectivity index (χ1n) is 18.0. The molecule has 1 aromatic carbocycles. The average molecular weight is 724 g/mol. The van der Waals surface area contributed by atoms with Gasteiger partial charge in [-0.3, -0.25) is 34.3 Å². The van der Waals surface area contributed by atoms with Crippen LogP contribution in [0.5, 0.6) is 0 Å². The van der Waals surface area contributed by atoms with E-state index in [9.17, 15) is 24.0 Å². The fourth-order valence-electron chi connectivity index (χ4n) is 7.16. The predicted molar refractivity (Wildman–Crippen MR) is 191 cm³/mol. The summed E-state index contributed by atoms with van der Waals surface area (Å²) in [6.45, 7) is 7.49. The van der Waals surface area contributed by atoms with Crippen LogP contribution < -0.4 is 21.4 Å². The van der Waals surface area contributed by atoms with Gasteiger partial charge in [-0.05, 0) is 60.9 Å². The Kier molecular flexibility index (Phi) is 12.3. The van der Waals surface area contributed by atoms with E-state index >= 15 is 0 Å². The quantitative estimate of drug-likeness (QED) is 0.214. The number of nitrogens with one attached hydrogen (secondary N) is 4. The van der Waals surface area contributed by atoms with Gasteiger partial charge in [0, 0.05) is 23.4 Å². The van der Waals surface area contributed by atoms with Crippen molar-refractivity contribution >= 4 is 46.7 Å². The number of benzene rings is 1. The maximum absolute atomic E-state index is 14.6. The lowest BCUT2D eigenvalue weighted by atomic mass is 9.84. The number of hydroxylamine groups is 1. The van der Waals surface area contributed by atoms with Crippen molar-refractivity contribution in [3.8, 4) is 0 Å². The number of carbonyl (C=O) groups excluding carboxylic acids is 5. The van der Waals surface area contributed by atoms with Crippen LogP contribution in [0.3, 0.4) is 0 Å². The van der Waals surface area contributed by atoms with Gasteiger partial charge in [0.25, 0.3) is 5.91 Å². The second-order valence-electron chi connectivity index (χ2n) is 15.1. The number of carbonyl (C=O) groups is 5. The minimum Gasteiger partial charge on any atom is -0.467 e. The van der Waals surface area contributed by atoms with Gasteiger partial charge in [-0.2, -0.15) is 0 Å². The molecule has 13 heteroatoms. The molecule has 1 aliphatic carbocycles. The highest BCUT2D eigenvalue weighted by molar-refractivity contribution is 6.38. The number of amides is 4. The molecule has 3 heterocycles. The molecule has 1 spiro atoms. The summed E-state index contributed by atoms with van der Waals surface area (Å²) in [4.78, 5) is 75.9. The average Bonchev–Trinajstić information content (AvgIpc) is 3.86. The molecule has 2 aromatic rings. The van der Waals surface area contributed by atoms with E-state index in [2.05, 4.69) is 21.4 Å². The molecular weight excluding hydrogens is 674 g/mol. The Labute approximate surface area is 304 Å². The van der Waals surface area contributed by atoms with E-state index in [1.807, 2.05) is 45.9 Å². The van der Waals surface area contributed by atoms with Crippen molar-refractivity contribution in [2.75, 3.05) is 6.54 Å². The van der Waals surface area contributed by atoms with Gasteiger partial charge in [-0.25, -0.2) is 0 Å². The Balaban J connectivity index is 1.39.